The van der Waals surface area contributed by atoms with Crippen molar-refractivity contribution < 1.29 is 4.74 Å². The standard InChI is InChI=1S/C12H24O/c1-10(2)12(8-13-9-12)7-6-11(3,4)5/h10H,6-9H2,1-5H3. The first kappa shape index (κ1) is 11.0. The third kappa shape index (κ3) is 2.70. The van der Waals surface area contributed by atoms with E-state index >= 15 is 0 Å². The SMILES string of the molecule is CC(C)C1(CCC(C)(C)C)COC1. The maximum absolute atomic E-state index is 5.36. The third-order valence-electron chi connectivity index (χ3n) is 3.38. The number of ether oxygens (including phenoxy) is 1. The van der Waals surface area contributed by atoms with Gasteiger partial charge in [-0.1, -0.05) is 34.6 Å². The van der Waals surface area contributed by atoms with Gasteiger partial charge in [0.2, 0.25) is 0 Å². The third-order valence-corrected chi connectivity index (χ3v) is 3.38. The molecule has 1 rings (SSSR count). The Hall–Kier alpha value is -0.0400. The molecule has 1 heteroatoms. The van der Waals surface area contributed by atoms with Gasteiger partial charge in [0.15, 0.2) is 0 Å². The molecule has 0 aliphatic carbocycles. The lowest BCUT2D eigenvalue weighted by Gasteiger charge is -2.46. The Labute approximate surface area is 82.9 Å². The van der Waals surface area contributed by atoms with Crippen LogP contribution in [0.3, 0.4) is 0 Å². The molecule has 1 nitrogen and oxygen atoms in total. The van der Waals surface area contributed by atoms with Gasteiger partial charge in [0.25, 0.3) is 0 Å². The summed E-state index contributed by atoms with van der Waals surface area (Å²) in [5, 5.41) is 0. The fraction of sp³-hybridized carbons (Fsp3) is 1.00. The summed E-state index contributed by atoms with van der Waals surface area (Å²) in [6.45, 7) is 13.6. The summed E-state index contributed by atoms with van der Waals surface area (Å²) in [6, 6.07) is 0. The Bertz CT molecular complexity index is 160. The van der Waals surface area contributed by atoms with E-state index < -0.39 is 0 Å². The normalized spacial score (nSPS) is 21.7. The van der Waals surface area contributed by atoms with Crippen LogP contribution < -0.4 is 0 Å². The molecule has 1 heterocycles. The van der Waals surface area contributed by atoms with Crippen LogP contribution in [-0.2, 0) is 4.74 Å². The Morgan fingerprint density at radius 1 is 1.23 bits per heavy atom. The van der Waals surface area contributed by atoms with Crippen molar-refractivity contribution >= 4 is 0 Å². The molecule has 1 saturated heterocycles. The first-order valence-electron chi connectivity index (χ1n) is 5.43. The van der Waals surface area contributed by atoms with Gasteiger partial charge in [0.1, 0.15) is 0 Å². The van der Waals surface area contributed by atoms with Crippen LogP contribution in [0.5, 0.6) is 0 Å². The molecule has 0 aromatic rings. The minimum atomic E-state index is 0.470. The maximum atomic E-state index is 5.36. The summed E-state index contributed by atoms with van der Waals surface area (Å²) in [7, 11) is 0. The zero-order valence-electron chi connectivity index (χ0n) is 9.81. The summed E-state index contributed by atoms with van der Waals surface area (Å²) in [6.07, 6.45) is 2.64. The second-order valence-electron chi connectivity index (χ2n) is 6.07. The first-order chi connectivity index (χ1) is 5.86. The Morgan fingerprint density at radius 2 is 1.77 bits per heavy atom. The fourth-order valence-corrected chi connectivity index (χ4v) is 1.75. The van der Waals surface area contributed by atoms with Gasteiger partial charge >= 0.3 is 0 Å². The van der Waals surface area contributed by atoms with Crippen LogP contribution in [0.2, 0.25) is 0 Å². The van der Waals surface area contributed by atoms with Crippen LogP contribution in [0.4, 0.5) is 0 Å². The highest BCUT2D eigenvalue weighted by Crippen LogP contribution is 2.42. The average molecular weight is 184 g/mol. The van der Waals surface area contributed by atoms with E-state index in [-0.39, 0.29) is 0 Å². The molecule has 0 aromatic carbocycles. The van der Waals surface area contributed by atoms with E-state index in [1.807, 2.05) is 0 Å². The summed E-state index contributed by atoms with van der Waals surface area (Å²) >= 11 is 0. The zero-order chi connectivity index (χ0) is 10.1. The van der Waals surface area contributed by atoms with Crippen molar-refractivity contribution in [3.8, 4) is 0 Å². The smallest absolute Gasteiger partial charge is 0.0547 e. The molecule has 1 aliphatic rings. The average Bonchev–Trinajstić information content (AvgIpc) is 1.80. The van der Waals surface area contributed by atoms with Crippen LogP contribution in [0, 0.1) is 16.7 Å². The van der Waals surface area contributed by atoms with E-state index in [9.17, 15) is 0 Å². The molecule has 0 unspecified atom stereocenters. The Kier molecular flexibility index (Phi) is 3.06. The van der Waals surface area contributed by atoms with Gasteiger partial charge in [-0.2, -0.15) is 0 Å². The van der Waals surface area contributed by atoms with E-state index in [0.29, 0.717) is 10.8 Å². The predicted molar refractivity (Wildman–Crippen MR) is 56.8 cm³/mol. The lowest BCUT2D eigenvalue weighted by atomic mass is 9.69. The minimum Gasteiger partial charge on any atom is -0.380 e. The largest absolute Gasteiger partial charge is 0.380 e. The van der Waals surface area contributed by atoms with Crippen molar-refractivity contribution in [1.29, 1.82) is 0 Å². The van der Waals surface area contributed by atoms with Crippen LogP contribution >= 0.6 is 0 Å². The molecule has 0 atom stereocenters. The van der Waals surface area contributed by atoms with E-state index in [0.717, 1.165) is 19.1 Å². The van der Waals surface area contributed by atoms with Crippen LogP contribution in [0.1, 0.15) is 47.5 Å². The highest BCUT2D eigenvalue weighted by molar-refractivity contribution is 4.89. The fourth-order valence-electron chi connectivity index (χ4n) is 1.75. The molecule has 13 heavy (non-hydrogen) atoms. The molecular weight excluding hydrogens is 160 g/mol. The predicted octanol–water partition coefficient (Wildman–Crippen LogP) is 3.49. The summed E-state index contributed by atoms with van der Waals surface area (Å²) in [5.74, 6) is 0.767. The van der Waals surface area contributed by atoms with Crippen LogP contribution in [0.15, 0.2) is 0 Å². The summed E-state index contributed by atoms with van der Waals surface area (Å²) in [5.41, 5.74) is 0.977. The number of hydrogen-bond donors (Lipinski definition) is 0. The van der Waals surface area contributed by atoms with Gasteiger partial charge in [0, 0.05) is 5.41 Å². The molecule has 0 bridgehead atoms. The lowest BCUT2D eigenvalue weighted by molar-refractivity contribution is -0.146. The monoisotopic (exact) mass is 184 g/mol. The zero-order valence-corrected chi connectivity index (χ0v) is 9.81. The highest BCUT2D eigenvalue weighted by Gasteiger charge is 2.41. The van der Waals surface area contributed by atoms with Gasteiger partial charge in [-0.25, -0.2) is 0 Å². The molecule has 0 aromatic heterocycles. The minimum absolute atomic E-state index is 0.470. The molecule has 1 aliphatic heterocycles. The van der Waals surface area contributed by atoms with Gasteiger partial charge < -0.3 is 4.74 Å². The molecule has 1 fully saturated rings. The van der Waals surface area contributed by atoms with Crippen molar-refractivity contribution in [3.05, 3.63) is 0 Å². The lowest BCUT2D eigenvalue weighted by Crippen LogP contribution is -2.47. The van der Waals surface area contributed by atoms with Crippen LogP contribution in [0.25, 0.3) is 0 Å². The molecular formula is C12H24O. The van der Waals surface area contributed by atoms with E-state index in [1.54, 1.807) is 0 Å². The second-order valence-corrected chi connectivity index (χ2v) is 6.07. The van der Waals surface area contributed by atoms with Crippen molar-refractivity contribution in [2.45, 2.75) is 47.5 Å². The molecule has 0 spiro atoms. The highest BCUT2D eigenvalue weighted by atomic mass is 16.5. The van der Waals surface area contributed by atoms with Gasteiger partial charge in [-0.3, -0.25) is 0 Å². The quantitative estimate of drug-likeness (QED) is 0.652. The van der Waals surface area contributed by atoms with Crippen molar-refractivity contribution in [1.82, 2.24) is 0 Å². The van der Waals surface area contributed by atoms with Crippen molar-refractivity contribution in [2.24, 2.45) is 16.7 Å². The molecule has 0 N–H and O–H groups in total. The van der Waals surface area contributed by atoms with E-state index in [2.05, 4.69) is 34.6 Å². The summed E-state index contributed by atoms with van der Waals surface area (Å²) in [4.78, 5) is 0. The molecule has 0 amide bonds. The van der Waals surface area contributed by atoms with Crippen LogP contribution in [-0.4, -0.2) is 13.2 Å². The number of rotatable bonds is 3. The van der Waals surface area contributed by atoms with Crippen molar-refractivity contribution in [3.63, 3.8) is 0 Å². The Balaban J connectivity index is 2.41. The molecule has 0 radical (unpaired) electrons. The topological polar surface area (TPSA) is 9.23 Å². The maximum Gasteiger partial charge on any atom is 0.0547 e. The molecule has 0 saturated carbocycles. The van der Waals surface area contributed by atoms with E-state index in [1.165, 1.54) is 12.8 Å². The Morgan fingerprint density at radius 3 is 2.00 bits per heavy atom. The number of hydrogen-bond acceptors (Lipinski definition) is 1. The van der Waals surface area contributed by atoms with Gasteiger partial charge in [-0.15, -0.1) is 0 Å². The first-order valence-corrected chi connectivity index (χ1v) is 5.43. The summed E-state index contributed by atoms with van der Waals surface area (Å²) < 4.78 is 5.36. The van der Waals surface area contributed by atoms with Crippen molar-refractivity contribution in [2.75, 3.05) is 13.2 Å². The van der Waals surface area contributed by atoms with E-state index in [4.69, 9.17) is 4.74 Å². The second kappa shape index (κ2) is 3.61. The van der Waals surface area contributed by atoms with Gasteiger partial charge in [-0.05, 0) is 24.2 Å². The molecule has 78 valence electrons. The van der Waals surface area contributed by atoms with Gasteiger partial charge in [0.05, 0.1) is 13.2 Å².